The van der Waals surface area contributed by atoms with E-state index in [4.69, 9.17) is 23.2 Å². The number of nitrogens with one attached hydrogen (secondary N) is 1. The van der Waals surface area contributed by atoms with Crippen molar-refractivity contribution in [2.24, 2.45) is 11.1 Å². The van der Waals surface area contributed by atoms with Crippen molar-refractivity contribution in [1.29, 1.82) is 5.26 Å². The summed E-state index contributed by atoms with van der Waals surface area (Å²) in [7, 11) is 0. The van der Waals surface area contributed by atoms with E-state index in [9.17, 15) is 18.0 Å². The van der Waals surface area contributed by atoms with Crippen molar-refractivity contribution in [1.82, 2.24) is 14.5 Å². The second-order valence-corrected chi connectivity index (χ2v) is 11.6. The fraction of sp³-hybridized carbons (Fsp3) is 0.273. The molecule has 7 nitrogen and oxygen atoms in total. The molecule has 0 saturated heterocycles. The lowest BCUT2D eigenvalue weighted by Gasteiger charge is -2.40. The average molecular weight is 619 g/mol. The van der Waals surface area contributed by atoms with E-state index >= 15 is 0 Å². The molecule has 1 heterocycles. The summed E-state index contributed by atoms with van der Waals surface area (Å²) in [6, 6.07) is 21.8. The molecular formula is C33H33F3N6OS. The zero-order valence-corrected chi connectivity index (χ0v) is 25.4. The molecule has 0 fully saturated rings. The first kappa shape index (κ1) is 32.4. The highest BCUT2D eigenvalue weighted by atomic mass is 32.1. The maximum atomic E-state index is 13.9. The molecule has 44 heavy (non-hydrogen) atoms. The zero-order chi connectivity index (χ0) is 32.1. The maximum Gasteiger partial charge on any atom is 0.416 e. The number of nitrogens with two attached hydrogens (primary N) is 1. The second kappa shape index (κ2) is 13.4. The number of nitrogens with zero attached hydrogens (tertiary/aromatic N) is 4. The number of aryl methyl sites for hydroxylation is 1. The molecule has 0 aliphatic rings. The molecule has 3 N–H and O–H groups in total. The molecule has 1 aromatic heterocycles. The van der Waals surface area contributed by atoms with Gasteiger partial charge in [0.05, 0.1) is 35.1 Å². The molecule has 3 aromatic carbocycles. The summed E-state index contributed by atoms with van der Waals surface area (Å²) in [5.74, 6) is -0.237. The zero-order valence-electron chi connectivity index (χ0n) is 24.6. The predicted molar refractivity (Wildman–Crippen MR) is 167 cm³/mol. The molecule has 4 rings (SSSR count). The van der Waals surface area contributed by atoms with E-state index in [1.165, 1.54) is 23.1 Å². The second-order valence-electron chi connectivity index (χ2n) is 11.2. The van der Waals surface area contributed by atoms with Crippen molar-refractivity contribution >= 4 is 28.8 Å². The van der Waals surface area contributed by atoms with E-state index in [1.807, 2.05) is 41.8 Å². The monoisotopic (exact) mass is 618 g/mol. The van der Waals surface area contributed by atoms with Crippen LogP contribution in [0, 0.1) is 23.7 Å². The van der Waals surface area contributed by atoms with Crippen molar-refractivity contribution in [3.8, 4) is 6.07 Å². The number of alkyl halides is 3. The van der Waals surface area contributed by atoms with Crippen molar-refractivity contribution in [3.63, 3.8) is 0 Å². The third-order valence-electron chi connectivity index (χ3n) is 7.56. The van der Waals surface area contributed by atoms with Crippen LogP contribution in [0.15, 0.2) is 85.3 Å². The van der Waals surface area contributed by atoms with Crippen LogP contribution in [0.3, 0.4) is 0 Å². The molecule has 0 amide bonds. The number of imidazole rings is 1. The molecule has 0 radical (unpaired) electrons. The first-order valence-corrected chi connectivity index (χ1v) is 14.3. The van der Waals surface area contributed by atoms with Crippen LogP contribution >= 0.6 is 12.2 Å². The first-order chi connectivity index (χ1) is 20.8. The number of nitriles is 1. The number of hydrogen-bond acceptors (Lipinski definition) is 5. The summed E-state index contributed by atoms with van der Waals surface area (Å²) in [6.07, 6.45) is -2.46. The number of hydrogen-bond donors (Lipinski definition) is 2. The number of carbonyl (C=O) groups excluding carboxylic acids is 1. The van der Waals surface area contributed by atoms with Crippen LogP contribution < -0.4 is 11.1 Å². The fourth-order valence-corrected chi connectivity index (χ4v) is 5.09. The molecular weight excluding hydrogens is 585 g/mol. The number of Topliss-reactive ketones (excluding diaryl/α,β-unsaturated/α-hetero) is 1. The highest BCUT2D eigenvalue weighted by molar-refractivity contribution is 7.80. The van der Waals surface area contributed by atoms with Gasteiger partial charge in [-0.2, -0.15) is 18.4 Å². The molecule has 1 unspecified atom stereocenters. The van der Waals surface area contributed by atoms with Gasteiger partial charge in [-0.15, -0.1) is 0 Å². The standard InChI is InChI=1S/C33H33F3N6OS/c1-22-7-6-9-26(15-22)40-31(44)42(20-25-8-4-5-10-28(25)33(34,35)36)30(38)32(2,3)29(43)16-27-18-39-21-41(27)19-24-13-11-23(17-37)12-14-24/h4-15,18,21,30H,16,19-20,38H2,1-3H3,(H,40,44). The quantitative estimate of drug-likeness (QED) is 0.156. The fourth-order valence-electron chi connectivity index (χ4n) is 4.80. The van der Waals surface area contributed by atoms with Gasteiger partial charge in [-0.25, -0.2) is 4.98 Å². The number of anilines is 1. The summed E-state index contributed by atoms with van der Waals surface area (Å²) in [5, 5.41) is 12.2. The lowest BCUT2D eigenvalue weighted by atomic mass is 9.81. The van der Waals surface area contributed by atoms with Gasteiger partial charge in [0.15, 0.2) is 5.11 Å². The smallest absolute Gasteiger partial charge is 0.333 e. The molecule has 4 aromatic rings. The van der Waals surface area contributed by atoms with E-state index < -0.39 is 23.3 Å². The summed E-state index contributed by atoms with van der Waals surface area (Å²) < 4.78 is 43.6. The third-order valence-corrected chi connectivity index (χ3v) is 7.90. The van der Waals surface area contributed by atoms with Gasteiger partial charge in [0, 0.05) is 37.1 Å². The molecule has 0 spiro atoms. The van der Waals surface area contributed by atoms with Crippen LogP contribution in [0.1, 0.15) is 47.4 Å². The molecule has 0 aliphatic carbocycles. The topological polar surface area (TPSA) is 100.0 Å². The molecule has 0 bridgehead atoms. The number of halogens is 3. The number of rotatable bonds is 10. The Hall–Kier alpha value is -4.53. The van der Waals surface area contributed by atoms with Crippen molar-refractivity contribution in [2.75, 3.05) is 5.32 Å². The highest BCUT2D eigenvalue weighted by Gasteiger charge is 2.40. The molecule has 0 aliphatic heterocycles. The third kappa shape index (κ3) is 7.70. The van der Waals surface area contributed by atoms with Gasteiger partial charge in [0.2, 0.25) is 0 Å². The van der Waals surface area contributed by atoms with E-state index in [0.29, 0.717) is 23.5 Å². The van der Waals surface area contributed by atoms with Gasteiger partial charge < -0.3 is 20.5 Å². The van der Waals surface area contributed by atoms with Crippen molar-refractivity contribution < 1.29 is 18.0 Å². The SMILES string of the molecule is Cc1cccc(NC(=S)N(Cc2ccccc2C(F)(F)F)C(N)C(C)(C)C(=O)Cc2cncn2Cc2ccc(C#N)cc2)c1. The summed E-state index contributed by atoms with van der Waals surface area (Å²) in [5.41, 5.74) is 8.42. The number of ketones is 1. The van der Waals surface area contributed by atoms with Crippen LogP contribution in [0.2, 0.25) is 0 Å². The van der Waals surface area contributed by atoms with Gasteiger partial charge in [-0.05, 0) is 80.0 Å². The molecule has 1 atom stereocenters. The van der Waals surface area contributed by atoms with Crippen LogP contribution in [0.5, 0.6) is 0 Å². The van der Waals surface area contributed by atoms with Gasteiger partial charge >= 0.3 is 6.18 Å². The largest absolute Gasteiger partial charge is 0.416 e. The lowest BCUT2D eigenvalue weighted by Crippen LogP contribution is -2.57. The Balaban J connectivity index is 1.60. The summed E-state index contributed by atoms with van der Waals surface area (Å²) in [4.78, 5) is 19.5. The number of carbonyl (C=O) groups is 1. The minimum absolute atomic E-state index is 0.0119. The number of thiocarbonyl (C=S) groups is 1. The van der Waals surface area contributed by atoms with E-state index in [-0.39, 0.29) is 29.4 Å². The highest BCUT2D eigenvalue weighted by Crippen LogP contribution is 2.34. The van der Waals surface area contributed by atoms with Crippen LogP contribution in [-0.4, -0.2) is 31.5 Å². The Kier molecular flexibility index (Phi) is 9.87. The van der Waals surface area contributed by atoms with E-state index in [0.717, 1.165) is 17.2 Å². The Bertz CT molecular complexity index is 1670. The maximum absolute atomic E-state index is 13.9. The van der Waals surface area contributed by atoms with Crippen molar-refractivity contribution in [3.05, 3.63) is 119 Å². The Labute approximate surface area is 260 Å². The predicted octanol–water partition coefficient (Wildman–Crippen LogP) is 6.45. The Morgan fingerprint density at radius 1 is 1.11 bits per heavy atom. The van der Waals surface area contributed by atoms with Crippen molar-refractivity contribution in [2.45, 2.75) is 52.6 Å². The minimum atomic E-state index is -4.59. The summed E-state index contributed by atoms with van der Waals surface area (Å²) in [6.45, 7) is 5.40. The van der Waals surface area contributed by atoms with Gasteiger partial charge in [0.1, 0.15) is 5.78 Å². The Morgan fingerprint density at radius 3 is 2.48 bits per heavy atom. The van der Waals surface area contributed by atoms with Crippen LogP contribution in [-0.2, 0) is 30.5 Å². The van der Waals surface area contributed by atoms with Crippen LogP contribution in [0.25, 0.3) is 0 Å². The van der Waals surface area contributed by atoms with Gasteiger partial charge in [-0.1, -0.05) is 42.5 Å². The number of aromatic nitrogens is 2. The number of benzene rings is 3. The Morgan fingerprint density at radius 2 is 1.82 bits per heavy atom. The minimum Gasteiger partial charge on any atom is -0.333 e. The molecule has 0 saturated carbocycles. The van der Waals surface area contributed by atoms with Gasteiger partial charge in [-0.3, -0.25) is 4.79 Å². The molecule has 228 valence electrons. The van der Waals surface area contributed by atoms with Crippen LogP contribution in [0.4, 0.5) is 18.9 Å². The van der Waals surface area contributed by atoms with Gasteiger partial charge in [0.25, 0.3) is 0 Å². The van der Waals surface area contributed by atoms with E-state index in [1.54, 1.807) is 44.6 Å². The normalized spacial score (nSPS) is 12.3. The average Bonchev–Trinajstić information content (AvgIpc) is 3.41. The molecule has 11 heteroatoms. The lowest BCUT2D eigenvalue weighted by molar-refractivity contribution is -0.138. The van der Waals surface area contributed by atoms with E-state index in [2.05, 4.69) is 16.4 Å². The first-order valence-electron chi connectivity index (χ1n) is 13.9. The summed E-state index contributed by atoms with van der Waals surface area (Å²) >= 11 is 5.70.